The standard InChI is InChI=1S/C13H21BrO3/c1-2-17-12(16)13(9-5-6-10-14)8-4-3-7-11(13)15/h2-10H2,1H3/t13-/m0/s1. The highest BCUT2D eigenvalue weighted by molar-refractivity contribution is 9.09. The molecule has 1 fully saturated rings. The molecule has 0 aliphatic heterocycles. The van der Waals surface area contributed by atoms with Crippen molar-refractivity contribution < 1.29 is 14.3 Å². The van der Waals surface area contributed by atoms with Crippen LogP contribution >= 0.6 is 15.9 Å². The molecule has 0 amide bonds. The number of unbranched alkanes of at least 4 members (excludes halogenated alkanes) is 1. The van der Waals surface area contributed by atoms with Crippen LogP contribution in [0.1, 0.15) is 51.9 Å². The Morgan fingerprint density at radius 2 is 2.18 bits per heavy atom. The van der Waals surface area contributed by atoms with Gasteiger partial charge < -0.3 is 4.74 Å². The number of esters is 1. The predicted molar refractivity (Wildman–Crippen MR) is 70.2 cm³/mol. The zero-order chi connectivity index (χ0) is 12.7. The number of hydrogen-bond acceptors (Lipinski definition) is 3. The van der Waals surface area contributed by atoms with E-state index in [-0.39, 0.29) is 11.8 Å². The summed E-state index contributed by atoms with van der Waals surface area (Å²) in [6.45, 7) is 2.14. The minimum absolute atomic E-state index is 0.0942. The smallest absolute Gasteiger partial charge is 0.319 e. The van der Waals surface area contributed by atoms with Crippen molar-refractivity contribution in [3.05, 3.63) is 0 Å². The molecule has 0 aromatic heterocycles. The summed E-state index contributed by atoms with van der Waals surface area (Å²) in [4.78, 5) is 24.2. The van der Waals surface area contributed by atoms with Crippen LogP contribution in [-0.2, 0) is 14.3 Å². The van der Waals surface area contributed by atoms with E-state index < -0.39 is 5.41 Å². The van der Waals surface area contributed by atoms with Gasteiger partial charge in [0.05, 0.1) is 6.61 Å². The Hall–Kier alpha value is -0.380. The van der Waals surface area contributed by atoms with E-state index >= 15 is 0 Å². The van der Waals surface area contributed by atoms with Crippen LogP contribution < -0.4 is 0 Å². The highest BCUT2D eigenvalue weighted by Gasteiger charge is 2.47. The quantitative estimate of drug-likeness (QED) is 0.327. The SMILES string of the molecule is CCOC(=O)[C@]1(CCCCBr)CCCCC1=O. The van der Waals surface area contributed by atoms with Crippen LogP contribution in [0, 0.1) is 5.41 Å². The van der Waals surface area contributed by atoms with Crippen molar-refractivity contribution in [1.82, 2.24) is 0 Å². The van der Waals surface area contributed by atoms with Crippen molar-refractivity contribution in [2.75, 3.05) is 11.9 Å². The van der Waals surface area contributed by atoms with Gasteiger partial charge in [-0.15, -0.1) is 0 Å². The fraction of sp³-hybridized carbons (Fsp3) is 0.846. The van der Waals surface area contributed by atoms with E-state index in [0.29, 0.717) is 25.9 Å². The van der Waals surface area contributed by atoms with E-state index in [9.17, 15) is 9.59 Å². The number of ketones is 1. The highest BCUT2D eigenvalue weighted by atomic mass is 79.9. The summed E-state index contributed by atoms with van der Waals surface area (Å²) < 4.78 is 5.11. The lowest BCUT2D eigenvalue weighted by molar-refractivity contribution is -0.163. The molecule has 98 valence electrons. The van der Waals surface area contributed by atoms with Crippen molar-refractivity contribution in [3.8, 4) is 0 Å². The molecule has 0 heterocycles. The molecule has 1 rings (SSSR count). The van der Waals surface area contributed by atoms with Crippen LogP contribution in [0.15, 0.2) is 0 Å². The number of hydrogen-bond donors (Lipinski definition) is 0. The summed E-state index contributed by atoms with van der Waals surface area (Å²) in [5.41, 5.74) is -0.823. The minimum Gasteiger partial charge on any atom is -0.465 e. The summed E-state index contributed by atoms with van der Waals surface area (Å²) in [6, 6.07) is 0. The lowest BCUT2D eigenvalue weighted by Crippen LogP contribution is -2.43. The Morgan fingerprint density at radius 1 is 1.41 bits per heavy atom. The molecular formula is C13H21BrO3. The fourth-order valence-electron chi connectivity index (χ4n) is 2.46. The van der Waals surface area contributed by atoms with Gasteiger partial charge in [-0.3, -0.25) is 9.59 Å². The molecule has 1 aliphatic carbocycles. The maximum Gasteiger partial charge on any atom is 0.319 e. The van der Waals surface area contributed by atoms with Gasteiger partial charge in [0.2, 0.25) is 0 Å². The third-order valence-electron chi connectivity index (χ3n) is 3.44. The third-order valence-corrected chi connectivity index (χ3v) is 4.01. The van der Waals surface area contributed by atoms with Crippen LogP contribution in [0.3, 0.4) is 0 Å². The van der Waals surface area contributed by atoms with E-state index in [1.165, 1.54) is 0 Å². The molecule has 17 heavy (non-hydrogen) atoms. The Labute approximate surface area is 111 Å². The van der Waals surface area contributed by atoms with E-state index in [1.54, 1.807) is 6.92 Å². The largest absolute Gasteiger partial charge is 0.465 e. The van der Waals surface area contributed by atoms with Gasteiger partial charge in [-0.25, -0.2) is 0 Å². The number of ether oxygens (including phenoxy) is 1. The fourth-order valence-corrected chi connectivity index (χ4v) is 2.86. The topological polar surface area (TPSA) is 43.4 Å². The Balaban J connectivity index is 2.74. The third kappa shape index (κ3) is 3.54. The Morgan fingerprint density at radius 3 is 2.76 bits per heavy atom. The van der Waals surface area contributed by atoms with E-state index in [4.69, 9.17) is 4.74 Å². The summed E-state index contributed by atoms with van der Waals surface area (Å²) >= 11 is 3.37. The predicted octanol–water partition coefficient (Wildman–Crippen LogP) is 3.24. The molecule has 3 nitrogen and oxygen atoms in total. The average molecular weight is 305 g/mol. The van der Waals surface area contributed by atoms with Crippen LogP contribution in [0.4, 0.5) is 0 Å². The van der Waals surface area contributed by atoms with Crippen LogP contribution in [-0.4, -0.2) is 23.7 Å². The summed E-state index contributed by atoms with van der Waals surface area (Å²) in [5, 5.41) is 0.917. The first-order chi connectivity index (χ1) is 8.17. The van der Waals surface area contributed by atoms with Gasteiger partial charge in [-0.05, 0) is 32.6 Å². The maximum atomic E-state index is 12.1. The van der Waals surface area contributed by atoms with Gasteiger partial charge in [-0.1, -0.05) is 28.8 Å². The van der Waals surface area contributed by atoms with Gasteiger partial charge in [0.25, 0.3) is 0 Å². The maximum absolute atomic E-state index is 12.1. The zero-order valence-corrected chi connectivity index (χ0v) is 12.1. The molecule has 0 bridgehead atoms. The molecule has 0 spiro atoms. The van der Waals surface area contributed by atoms with Crippen molar-refractivity contribution >= 4 is 27.7 Å². The molecule has 4 heteroatoms. The first-order valence-corrected chi connectivity index (χ1v) is 7.56. The van der Waals surface area contributed by atoms with Crippen molar-refractivity contribution in [2.45, 2.75) is 51.9 Å². The Kier molecular flexibility index (Phi) is 6.17. The van der Waals surface area contributed by atoms with Gasteiger partial charge in [0.1, 0.15) is 11.2 Å². The normalized spacial score (nSPS) is 24.7. The van der Waals surface area contributed by atoms with Crippen molar-refractivity contribution in [2.24, 2.45) is 5.41 Å². The van der Waals surface area contributed by atoms with E-state index in [0.717, 1.165) is 31.0 Å². The number of Topliss-reactive ketones (excluding diaryl/α,β-unsaturated/α-hetero) is 1. The average Bonchev–Trinajstić information content (AvgIpc) is 2.32. The monoisotopic (exact) mass is 304 g/mol. The van der Waals surface area contributed by atoms with Gasteiger partial charge >= 0.3 is 5.97 Å². The first kappa shape index (κ1) is 14.7. The molecule has 0 aromatic rings. The van der Waals surface area contributed by atoms with Crippen LogP contribution in [0.5, 0.6) is 0 Å². The van der Waals surface area contributed by atoms with Gasteiger partial charge in [0, 0.05) is 11.8 Å². The van der Waals surface area contributed by atoms with Crippen LogP contribution in [0.25, 0.3) is 0 Å². The molecule has 0 N–H and O–H groups in total. The summed E-state index contributed by atoms with van der Waals surface area (Å²) in [7, 11) is 0. The molecule has 0 radical (unpaired) electrons. The van der Waals surface area contributed by atoms with Gasteiger partial charge in [0.15, 0.2) is 0 Å². The molecule has 0 unspecified atom stereocenters. The second-order valence-corrected chi connectivity index (χ2v) is 5.37. The number of halogens is 1. The minimum atomic E-state index is -0.823. The van der Waals surface area contributed by atoms with E-state index in [1.807, 2.05) is 0 Å². The molecule has 0 aromatic carbocycles. The summed E-state index contributed by atoms with van der Waals surface area (Å²) in [6.07, 6.45) is 5.62. The number of rotatable bonds is 6. The number of carbonyl (C=O) groups is 2. The lowest BCUT2D eigenvalue weighted by atomic mass is 9.70. The molecule has 1 atom stereocenters. The van der Waals surface area contributed by atoms with Crippen molar-refractivity contribution in [3.63, 3.8) is 0 Å². The lowest BCUT2D eigenvalue weighted by Gasteiger charge is -2.33. The van der Waals surface area contributed by atoms with Gasteiger partial charge in [-0.2, -0.15) is 0 Å². The van der Waals surface area contributed by atoms with E-state index in [2.05, 4.69) is 15.9 Å². The second-order valence-electron chi connectivity index (χ2n) is 4.58. The van der Waals surface area contributed by atoms with Crippen molar-refractivity contribution in [1.29, 1.82) is 0 Å². The molecular weight excluding hydrogens is 284 g/mol. The molecule has 1 saturated carbocycles. The first-order valence-electron chi connectivity index (χ1n) is 6.44. The summed E-state index contributed by atoms with van der Waals surface area (Å²) in [5.74, 6) is -0.198. The Bertz CT molecular complexity index is 278. The number of carbonyl (C=O) groups excluding carboxylic acids is 2. The molecule has 0 saturated heterocycles. The zero-order valence-electron chi connectivity index (χ0n) is 10.5. The van der Waals surface area contributed by atoms with Crippen LogP contribution in [0.2, 0.25) is 0 Å². The highest BCUT2D eigenvalue weighted by Crippen LogP contribution is 2.39. The molecule has 1 aliphatic rings. The number of alkyl halides is 1. The second kappa shape index (κ2) is 7.14.